The number of urea groups is 1. The number of amides is 4. The van der Waals surface area contributed by atoms with E-state index < -0.39 is 24.0 Å². The van der Waals surface area contributed by atoms with E-state index in [1.165, 1.54) is 12.1 Å². The van der Waals surface area contributed by atoms with Crippen molar-refractivity contribution in [2.24, 2.45) is 0 Å². The molecule has 42 heavy (non-hydrogen) atoms. The molecule has 1 aromatic heterocycles. The lowest BCUT2D eigenvalue weighted by atomic mass is 9.88. The van der Waals surface area contributed by atoms with Crippen molar-refractivity contribution in [2.75, 3.05) is 4.90 Å². The number of aryl methyl sites for hydroxylation is 1. The second kappa shape index (κ2) is 9.99. The van der Waals surface area contributed by atoms with E-state index in [0.29, 0.717) is 6.42 Å². The summed E-state index contributed by atoms with van der Waals surface area (Å²) < 4.78 is 13.3. The molecule has 7 nitrogen and oxygen atoms in total. The van der Waals surface area contributed by atoms with Gasteiger partial charge in [-0.25, -0.2) is 14.1 Å². The number of rotatable bonds is 5. The molecule has 2 N–H and O–H groups in total. The maximum atomic E-state index is 14.3. The van der Waals surface area contributed by atoms with Crippen molar-refractivity contribution >= 4 is 34.4 Å². The molecule has 0 bridgehead atoms. The summed E-state index contributed by atoms with van der Waals surface area (Å²) >= 11 is 0. The number of hydrogen-bond acceptors (Lipinski definition) is 3. The molecule has 1 saturated heterocycles. The van der Waals surface area contributed by atoms with E-state index in [4.69, 9.17) is 0 Å². The van der Waals surface area contributed by atoms with Crippen molar-refractivity contribution in [3.8, 4) is 0 Å². The third-order valence-corrected chi connectivity index (χ3v) is 8.20. The monoisotopic (exact) mass is 558 g/mol. The van der Waals surface area contributed by atoms with Gasteiger partial charge < -0.3 is 10.3 Å². The molecule has 4 amide bonds. The fourth-order valence-electron chi connectivity index (χ4n) is 6.13. The van der Waals surface area contributed by atoms with Gasteiger partial charge in [0.05, 0.1) is 11.3 Å². The standard InChI is InChI=1S/C34H27FN4O3/c1-20-10-14-22(15-11-20)31-30-26(24-6-2-4-8-27(24)37-30)18-29-33(41)39(34(42)38(29)31)28-9-5-3-7-25(28)32(40)36-19-21-12-16-23(35)17-13-21/h2-17,29,31,37H,18-19H2,1H3,(H,36,40)/t29-,31-/m0/s1. The van der Waals surface area contributed by atoms with E-state index in [0.717, 1.165) is 43.8 Å². The number of aromatic nitrogens is 1. The Balaban J connectivity index is 1.27. The second-order valence-corrected chi connectivity index (χ2v) is 10.8. The molecule has 2 atom stereocenters. The molecule has 0 radical (unpaired) electrons. The van der Waals surface area contributed by atoms with Gasteiger partial charge >= 0.3 is 6.03 Å². The molecule has 0 spiro atoms. The zero-order valence-electron chi connectivity index (χ0n) is 22.8. The topological polar surface area (TPSA) is 85.5 Å². The minimum Gasteiger partial charge on any atom is -0.356 e. The lowest BCUT2D eigenvalue weighted by Gasteiger charge is -2.36. The lowest BCUT2D eigenvalue weighted by molar-refractivity contribution is -0.120. The van der Waals surface area contributed by atoms with Crippen molar-refractivity contribution in [3.63, 3.8) is 0 Å². The molecule has 8 heteroatoms. The Kier molecular flexibility index (Phi) is 6.12. The predicted molar refractivity (Wildman–Crippen MR) is 158 cm³/mol. The van der Waals surface area contributed by atoms with E-state index >= 15 is 0 Å². The minimum atomic E-state index is -0.731. The van der Waals surface area contributed by atoms with E-state index in [1.807, 2.05) is 55.5 Å². The van der Waals surface area contributed by atoms with Crippen LogP contribution in [0.1, 0.15) is 44.3 Å². The van der Waals surface area contributed by atoms with Crippen LogP contribution in [0.2, 0.25) is 0 Å². The summed E-state index contributed by atoms with van der Waals surface area (Å²) in [5.41, 5.74) is 6.02. The van der Waals surface area contributed by atoms with Crippen LogP contribution in [0.25, 0.3) is 10.9 Å². The summed E-state index contributed by atoms with van der Waals surface area (Å²) in [6.07, 6.45) is 0.363. The largest absolute Gasteiger partial charge is 0.356 e. The Labute approximate surface area is 241 Å². The van der Waals surface area contributed by atoms with Gasteiger partial charge in [0, 0.05) is 29.6 Å². The molecule has 2 aliphatic heterocycles. The molecule has 208 valence electrons. The Morgan fingerprint density at radius 3 is 2.43 bits per heavy atom. The van der Waals surface area contributed by atoms with Crippen LogP contribution in [0.4, 0.5) is 14.9 Å². The number of anilines is 1. The average molecular weight is 559 g/mol. The van der Waals surface area contributed by atoms with Crippen LogP contribution in [-0.4, -0.2) is 33.8 Å². The third-order valence-electron chi connectivity index (χ3n) is 8.20. The van der Waals surface area contributed by atoms with Gasteiger partial charge in [0.2, 0.25) is 0 Å². The molecule has 4 aromatic carbocycles. The molecule has 1 fully saturated rings. The highest BCUT2D eigenvalue weighted by Gasteiger charge is 2.53. The van der Waals surface area contributed by atoms with Gasteiger partial charge in [-0.05, 0) is 53.9 Å². The second-order valence-electron chi connectivity index (χ2n) is 10.8. The van der Waals surface area contributed by atoms with Gasteiger partial charge in [0.15, 0.2) is 0 Å². The highest BCUT2D eigenvalue weighted by atomic mass is 19.1. The number of aromatic amines is 1. The molecular formula is C34H27FN4O3. The van der Waals surface area contributed by atoms with Crippen molar-refractivity contribution in [2.45, 2.75) is 32.0 Å². The molecule has 0 aliphatic carbocycles. The first-order valence-electron chi connectivity index (χ1n) is 13.8. The maximum Gasteiger partial charge on any atom is 0.332 e. The Morgan fingerprint density at radius 2 is 1.64 bits per heavy atom. The number of hydrogen-bond donors (Lipinski definition) is 2. The van der Waals surface area contributed by atoms with Crippen LogP contribution < -0.4 is 10.2 Å². The summed E-state index contributed by atoms with van der Waals surface area (Å²) in [6, 6.07) is 26.7. The van der Waals surface area contributed by atoms with Crippen LogP contribution in [0, 0.1) is 12.7 Å². The lowest BCUT2D eigenvalue weighted by Crippen LogP contribution is -2.44. The van der Waals surface area contributed by atoms with Crippen LogP contribution >= 0.6 is 0 Å². The first-order chi connectivity index (χ1) is 20.4. The van der Waals surface area contributed by atoms with Gasteiger partial charge in [-0.15, -0.1) is 0 Å². The van der Waals surface area contributed by atoms with E-state index in [9.17, 15) is 18.8 Å². The number of nitrogens with one attached hydrogen (secondary N) is 2. The predicted octanol–water partition coefficient (Wildman–Crippen LogP) is 6.03. The summed E-state index contributed by atoms with van der Waals surface area (Å²) in [7, 11) is 0. The smallest absolute Gasteiger partial charge is 0.332 e. The molecule has 0 saturated carbocycles. The van der Waals surface area contributed by atoms with Crippen molar-refractivity contribution in [3.05, 3.63) is 136 Å². The van der Waals surface area contributed by atoms with E-state index in [1.54, 1.807) is 41.3 Å². The van der Waals surface area contributed by atoms with Crippen molar-refractivity contribution in [1.29, 1.82) is 0 Å². The van der Waals surface area contributed by atoms with Gasteiger partial charge in [-0.2, -0.15) is 0 Å². The zero-order chi connectivity index (χ0) is 29.0. The average Bonchev–Trinajstić information content (AvgIpc) is 3.50. The highest BCUT2D eigenvalue weighted by molar-refractivity contribution is 6.24. The summed E-state index contributed by atoms with van der Waals surface area (Å²) in [5.74, 6) is -1.17. The quantitative estimate of drug-likeness (QED) is 0.259. The minimum absolute atomic E-state index is 0.168. The molecule has 3 heterocycles. The number of halogens is 1. The first-order valence-corrected chi connectivity index (χ1v) is 13.8. The van der Waals surface area contributed by atoms with Gasteiger partial charge in [-0.3, -0.25) is 14.5 Å². The maximum absolute atomic E-state index is 14.3. The fourth-order valence-corrected chi connectivity index (χ4v) is 6.13. The number of nitrogens with zero attached hydrogens (tertiary/aromatic N) is 2. The summed E-state index contributed by atoms with van der Waals surface area (Å²) in [6.45, 7) is 2.17. The SMILES string of the molecule is Cc1ccc([C@H]2c3[nH]c4ccccc4c3C[C@H]3C(=O)N(c4ccccc4C(=O)NCc4ccc(F)cc4)C(=O)N23)cc1. The number of carbonyl (C=O) groups excluding carboxylic acids is 3. The summed E-state index contributed by atoms with van der Waals surface area (Å²) in [4.78, 5) is 48.1. The van der Waals surface area contributed by atoms with Crippen LogP contribution in [-0.2, 0) is 17.8 Å². The molecular weight excluding hydrogens is 531 g/mol. The van der Waals surface area contributed by atoms with Crippen molar-refractivity contribution < 1.29 is 18.8 Å². The normalized spacial score (nSPS) is 17.9. The zero-order valence-corrected chi connectivity index (χ0v) is 22.8. The van der Waals surface area contributed by atoms with Crippen LogP contribution in [0.5, 0.6) is 0 Å². The molecule has 2 aliphatic rings. The number of fused-ring (bicyclic) bond motifs is 4. The number of H-pyrrole nitrogens is 1. The van der Waals surface area contributed by atoms with E-state index in [-0.39, 0.29) is 29.5 Å². The highest BCUT2D eigenvalue weighted by Crippen LogP contribution is 2.45. The fraction of sp³-hybridized carbons (Fsp3) is 0.147. The first kappa shape index (κ1) is 25.7. The number of carbonyl (C=O) groups is 3. The Morgan fingerprint density at radius 1 is 0.929 bits per heavy atom. The van der Waals surface area contributed by atoms with Gasteiger partial charge in [0.1, 0.15) is 17.9 Å². The number of para-hydroxylation sites is 2. The van der Waals surface area contributed by atoms with Crippen LogP contribution in [0.3, 0.4) is 0 Å². The Hall–Kier alpha value is -5.24. The van der Waals surface area contributed by atoms with Crippen molar-refractivity contribution in [1.82, 2.24) is 15.2 Å². The molecule has 0 unspecified atom stereocenters. The molecule has 7 rings (SSSR count). The summed E-state index contributed by atoms with van der Waals surface area (Å²) in [5, 5.41) is 3.86. The number of benzene rings is 4. The Bertz CT molecular complexity index is 1860. The van der Waals surface area contributed by atoms with Crippen LogP contribution in [0.15, 0.2) is 97.1 Å². The van der Waals surface area contributed by atoms with Gasteiger partial charge in [-0.1, -0.05) is 72.3 Å². The third kappa shape index (κ3) is 4.15. The van der Waals surface area contributed by atoms with E-state index in [2.05, 4.69) is 10.3 Å². The number of imide groups is 1. The van der Waals surface area contributed by atoms with Gasteiger partial charge in [0.25, 0.3) is 11.8 Å². The molecule has 5 aromatic rings.